The summed E-state index contributed by atoms with van der Waals surface area (Å²) < 4.78 is 6.28. The van der Waals surface area contributed by atoms with Crippen LogP contribution in [-0.4, -0.2) is 36.7 Å². The molecule has 1 aliphatic rings. The quantitative estimate of drug-likeness (QED) is 0.782. The molecule has 1 atom stereocenters. The Morgan fingerprint density at radius 2 is 2.44 bits per heavy atom. The van der Waals surface area contributed by atoms with Crippen molar-refractivity contribution in [3.05, 3.63) is 21.8 Å². The van der Waals surface area contributed by atoms with Crippen LogP contribution in [0.25, 0.3) is 0 Å². The van der Waals surface area contributed by atoms with Gasteiger partial charge in [0, 0.05) is 18.6 Å². The van der Waals surface area contributed by atoms with E-state index in [1.54, 1.807) is 6.20 Å². The van der Waals surface area contributed by atoms with E-state index in [9.17, 15) is 0 Å². The predicted molar refractivity (Wildman–Crippen MR) is 69.6 cm³/mol. The van der Waals surface area contributed by atoms with Crippen LogP contribution in [0.5, 0.6) is 0 Å². The highest BCUT2D eigenvalue weighted by atomic mass is 79.9. The molecule has 1 aromatic heterocycles. The number of rotatable bonds is 2. The van der Waals surface area contributed by atoms with Gasteiger partial charge >= 0.3 is 0 Å². The van der Waals surface area contributed by atoms with Gasteiger partial charge in [-0.2, -0.15) is 0 Å². The number of alkyl halides is 1. The van der Waals surface area contributed by atoms with Gasteiger partial charge in [0.1, 0.15) is 5.82 Å². The van der Waals surface area contributed by atoms with E-state index in [1.165, 1.54) is 0 Å². The number of halogens is 3. The van der Waals surface area contributed by atoms with Crippen molar-refractivity contribution < 1.29 is 4.74 Å². The number of hydrogen-bond donors (Lipinski definition) is 0. The average Bonchev–Trinajstić information content (AvgIpc) is 2.29. The van der Waals surface area contributed by atoms with Crippen molar-refractivity contribution >= 4 is 44.9 Å². The monoisotopic (exact) mass is 324 g/mol. The van der Waals surface area contributed by atoms with Crippen molar-refractivity contribution in [3.63, 3.8) is 0 Å². The van der Waals surface area contributed by atoms with Gasteiger partial charge in [0.05, 0.1) is 28.8 Å². The zero-order chi connectivity index (χ0) is 11.5. The number of ether oxygens (including phenoxy) is 1. The van der Waals surface area contributed by atoms with Gasteiger partial charge in [0.15, 0.2) is 0 Å². The van der Waals surface area contributed by atoms with Crippen LogP contribution < -0.4 is 4.90 Å². The van der Waals surface area contributed by atoms with Crippen LogP contribution in [0, 0.1) is 0 Å². The number of pyridine rings is 1. The molecule has 2 rings (SSSR count). The van der Waals surface area contributed by atoms with Crippen molar-refractivity contribution in [2.45, 2.75) is 6.04 Å². The standard InChI is InChI=1S/C10H11BrCl2N2O/c11-9-3-7(13)5-14-10(9)15-1-2-16-6-8(15)4-12/h3,5,8H,1-2,4,6H2. The van der Waals surface area contributed by atoms with Crippen LogP contribution in [0.3, 0.4) is 0 Å². The van der Waals surface area contributed by atoms with Gasteiger partial charge in [-0.3, -0.25) is 0 Å². The predicted octanol–water partition coefficient (Wildman–Crippen LogP) is 2.94. The summed E-state index contributed by atoms with van der Waals surface area (Å²) in [7, 11) is 0. The van der Waals surface area contributed by atoms with E-state index in [4.69, 9.17) is 27.9 Å². The van der Waals surface area contributed by atoms with Crippen LogP contribution in [0.15, 0.2) is 16.7 Å². The number of aromatic nitrogens is 1. The molecule has 0 radical (unpaired) electrons. The second kappa shape index (κ2) is 5.54. The van der Waals surface area contributed by atoms with Crippen molar-refractivity contribution in [2.75, 3.05) is 30.5 Å². The van der Waals surface area contributed by atoms with Gasteiger partial charge in [0.25, 0.3) is 0 Å². The van der Waals surface area contributed by atoms with Crippen LogP contribution in [0.4, 0.5) is 5.82 Å². The molecule has 6 heteroatoms. The summed E-state index contributed by atoms with van der Waals surface area (Å²) in [6.45, 7) is 2.13. The molecule has 0 N–H and O–H groups in total. The molecule has 16 heavy (non-hydrogen) atoms. The Kier molecular flexibility index (Phi) is 4.30. The minimum atomic E-state index is 0.167. The van der Waals surface area contributed by atoms with Gasteiger partial charge in [-0.1, -0.05) is 11.6 Å². The normalized spacial score (nSPS) is 21.2. The maximum atomic E-state index is 5.92. The highest BCUT2D eigenvalue weighted by molar-refractivity contribution is 9.10. The lowest BCUT2D eigenvalue weighted by atomic mass is 10.2. The minimum Gasteiger partial charge on any atom is -0.377 e. The van der Waals surface area contributed by atoms with Crippen molar-refractivity contribution in [2.24, 2.45) is 0 Å². The lowest BCUT2D eigenvalue weighted by Gasteiger charge is -2.35. The molecule has 0 aromatic carbocycles. The maximum absolute atomic E-state index is 5.92. The maximum Gasteiger partial charge on any atom is 0.143 e. The van der Waals surface area contributed by atoms with E-state index in [-0.39, 0.29) is 6.04 Å². The Bertz CT molecular complexity index is 378. The zero-order valence-corrected chi connectivity index (χ0v) is 11.6. The molecule has 1 aromatic rings. The molecule has 1 aliphatic heterocycles. The van der Waals surface area contributed by atoms with Crippen molar-refractivity contribution in [1.82, 2.24) is 4.98 Å². The van der Waals surface area contributed by atoms with Crippen LogP contribution in [-0.2, 0) is 4.74 Å². The molecule has 2 heterocycles. The molecule has 3 nitrogen and oxygen atoms in total. The first-order valence-corrected chi connectivity index (χ1v) is 6.64. The van der Waals surface area contributed by atoms with E-state index < -0.39 is 0 Å². The molecular formula is C10H11BrCl2N2O. The first kappa shape index (κ1) is 12.4. The highest BCUT2D eigenvalue weighted by Gasteiger charge is 2.24. The first-order chi connectivity index (χ1) is 7.72. The van der Waals surface area contributed by atoms with Crippen LogP contribution in [0.2, 0.25) is 5.02 Å². The molecule has 1 saturated heterocycles. The molecule has 0 saturated carbocycles. The van der Waals surface area contributed by atoms with E-state index in [0.717, 1.165) is 16.8 Å². The number of nitrogens with zero attached hydrogens (tertiary/aromatic N) is 2. The summed E-state index contributed by atoms with van der Waals surface area (Å²) in [5.74, 6) is 1.40. The Morgan fingerprint density at radius 3 is 3.12 bits per heavy atom. The van der Waals surface area contributed by atoms with E-state index >= 15 is 0 Å². The third-order valence-corrected chi connectivity index (χ3v) is 3.61. The lowest BCUT2D eigenvalue weighted by molar-refractivity contribution is 0.0993. The lowest BCUT2D eigenvalue weighted by Crippen LogP contribution is -2.47. The fourth-order valence-electron chi connectivity index (χ4n) is 1.68. The largest absolute Gasteiger partial charge is 0.377 e. The third-order valence-electron chi connectivity index (χ3n) is 2.47. The summed E-state index contributed by atoms with van der Waals surface area (Å²) >= 11 is 15.2. The second-order valence-electron chi connectivity index (χ2n) is 3.54. The average molecular weight is 326 g/mol. The van der Waals surface area contributed by atoms with E-state index in [2.05, 4.69) is 25.8 Å². The molecular weight excluding hydrogens is 315 g/mol. The summed E-state index contributed by atoms with van der Waals surface area (Å²) in [6.07, 6.45) is 1.64. The van der Waals surface area contributed by atoms with E-state index in [0.29, 0.717) is 24.1 Å². The molecule has 1 unspecified atom stereocenters. The fraction of sp³-hybridized carbons (Fsp3) is 0.500. The smallest absolute Gasteiger partial charge is 0.143 e. The number of hydrogen-bond acceptors (Lipinski definition) is 3. The van der Waals surface area contributed by atoms with Gasteiger partial charge in [0.2, 0.25) is 0 Å². The van der Waals surface area contributed by atoms with Gasteiger partial charge in [-0.25, -0.2) is 4.98 Å². The highest BCUT2D eigenvalue weighted by Crippen LogP contribution is 2.29. The Labute approximate surface area is 113 Å². The third kappa shape index (κ3) is 2.62. The Hall–Kier alpha value is -0.0300. The summed E-state index contributed by atoms with van der Waals surface area (Å²) in [5.41, 5.74) is 0. The van der Waals surface area contributed by atoms with Crippen LogP contribution in [0.1, 0.15) is 0 Å². The van der Waals surface area contributed by atoms with Gasteiger partial charge in [-0.15, -0.1) is 11.6 Å². The topological polar surface area (TPSA) is 25.4 Å². The Balaban J connectivity index is 2.27. The Morgan fingerprint density at radius 1 is 1.62 bits per heavy atom. The molecule has 0 amide bonds. The molecule has 88 valence electrons. The number of anilines is 1. The SMILES string of the molecule is ClCC1COCCN1c1ncc(Cl)cc1Br. The van der Waals surface area contributed by atoms with Gasteiger partial charge in [-0.05, 0) is 22.0 Å². The van der Waals surface area contributed by atoms with Crippen molar-refractivity contribution in [3.8, 4) is 0 Å². The minimum absolute atomic E-state index is 0.167. The molecule has 1 fully saturated rings. The van der Waals surface area contributed by atoms with Crippen LogP contribution >= 0.6 is 39.1 Å². The first-order valence-electron chi connectivity index (χ1n) is 4.93. The van der Waals surface area contributed by atoms with Gasteiger partial charge < -0.3 is 9.64 Å². The number of morpholine rings is 1. The molecule has 0 bridgehead atoms. The molecule has 0 spiro atoms. The summed E-state index contributed by atoms with van der Waals surface area (Å²) in [4.78, 5) is 6.48. The second-order valence-corrected chi connectivity index (χ2v) is 5.13. The van der Waals surface area contributed by atoms with E-state index in [1.807, 2.05) is 6.07 Å². The summed E-state index contributed by atoms with van der Waals surface area (Å²) in [5, 5.41) is 0.617. The van der Waals surface area contributed by atoms with Crippen molar-refractivity contribution in [1.29, 1.82) is 0 Å². The molecule has 0 aliphatic carbocycles. The fourth-order valence-corrected chi connectivity index (χ4v) is 2.80. The summed E-state index contributed by atoms with van der Waals surface area (Å²) in [6, 6.07) is 2.00. The zero-order valence-electron chi connectivity index (χ0n) is 8.50.